The summed E-state index contributed by atoms with van der Waals surface area (Å²) >= 11 is 0. The van der Waals surface area contributed by atoms with E-state index in [0.717, 1.165) is 11.0 Å². The second kappa shape index (κ2) is 9.67. The minimum Gasteiger partial charge on any atom is -0.493 e. The summed E-state index contributed by atoms with van der Waals surface area (Å²) in [4.78, 5) is 17.0. The predicted molar refractivity (Wildman–Crippen MR) is 126 cm³/mol. The molecule has 174 valence electrons. The Morgan fingerprint density at radius 1 is 1.15 bits per heavy atom. The fraction of sp³-hybridized carbons (Fsp3) is 0.375. The lowest BCUT2D eigenvalue weighted by atomic mass is 9.90. The molecule has 3 rings (SSSR count). The first-order chi connectivity index (χ1) is 16.1. The van der Waals surface area contributed by atoms with Crippen molar-refractivity contribution >= 4 is 11.5 Å². The first-order valence-corrected chi connectivity index (χ1v) is 10.9. The Balaban J connectivity index is 2.28. The number of pyridine rings is 2. The van der Waals surface area contributed by atoms with Crippen LogP contribution in [0.4, 0.5) is 11.5 Å². The highest BCUT2D eigenvalue weighted by Gasteiger charge is 2.28. The highest BCUT2D eigenvalue weighted by molar-refractivity contribution is 5.60. The van der Waals surface area contributed by atoms with Crippen molar-refractivity contribution in [2.24, 2.45) is 10.2 Å². The van der Waals surface area contributed by atoms with Crippen LogP contribution in [0.15, 0.2) is 39.4 Å². The van der Waals surface area contributed by atoms with Crippen LogP contribution in [-0.2, 0) is 12.0 Å². The zero-order chi connectivity index (χ0) is 25.0. The average molecular weight is 459 g/mol. The quantitative estimate of drug-likeness (QED) is 0.530. The molecule has 0 unspecified atom stereocenters. The molecular formula is C24H26N8O2. The van der Waals surface area contributed by atoms with Gasteiger partial charge in [-0.15, -0.1) is 10.2 Å². The Morgan fingerprint density at radius 3 is 2.41 bits per heavy atom. The van der Waals surface area contributed by atoms with Crippen molar-refractivity contribution in [3.63, 3.8) is 0 Å². The van der Waals surface area contributed by atoms with Gasteiger partial charge in [-0.1, -0.05) is 40.2 Å². The van der Waals surface area contributed by atoms with Crippen LogP contribution < -0.4 is 5.56 Å². The molecule has 1 N–H and O–H groups in total. The van der Waals surface area contributed by atoms with E-state index in [1.807, 2.05) is 33.8 Å². The molecule has 0 bridgehead atoms. The number of aromatic hydroxyl groups is 1. The lowest BCUT2D eigenvalue weighted by molar-refractivity contribution is 0.402. The van der Waals surface area contributed by atoms with E-state index in [-0.39, 0.29) is 40.6 Å². The van der Waals surface area contributed by atoms with Gasteiger partial charge in [0.15, 0.2) is 17.3 Å². The number of azo groups is 1. The number of hydrogen-bond donors (Lipinski definition) is 1. The highest BCUT2D eigenvalue weighted by Crippen LogP contribution is 2.36. The number of nitriles is 2. The van der Waals surface area contributed by atoms with Crippen molar-refractivity contribution in [2.75, 3.05) is 0 Å². The average Bonchev–Trinajstić information content (AvgIpc) is 3.19. The number of nitrogens with zero attached hydrogens (tertiary/aromatic N) is 8. The first kappa shape index (κ1) is 24.3. The minimum absolute atomic E-state index is 0.0118. The molecule has 0 atom stereocenters. The molecule has 0 spiro atoms. The molecule has 3 aromatic rings. The Bertz CT molecular complexity index is 1380. The second-order valence-corrected chi connectivity index (χ2v) is 8.80. The third kappa shape index (κ3) is 4.44. The van der Waals surface area contributed by atoms with E-state index in [4.69, 9.17) is 0 Å². The number of hydrogen-bond acceptors (Lipinski definition) is 8. The summed E-state index contributed by atoms with van der Waals surface area (Å²) in [6, 6.07) is 9.33. The van der Waals surface area contributed by atoms with Crippen molar-refractivity contribution in [3.8, 4) is 23.8 Å². The summed E-state index contributed by atoms with van der Waals surface area (Å²) in [6.07, 6.45) is 3.03. The Kier molecular flexibility index (Phi) is 6.92. The summed E-state index contributed by atoms with van der Waals surface area (Å²) < 4.78 is 2.55. The van der Waals surface area contributed by atoms with E-state index >= 15 is 0 Å². The van der Waals surface area contributed by atoms with Crippen LogP contribution in [0.1, 0.15) is 62.9 Å². The molecule has 0 aromatic carbocycles. The van der Waals surface area contributed by atoms with Crippen LogP contribution >= 0.6 is 0 Å². The van der Waals surface area contributed by atoms with Crippen LogP contribution in [-0.4, -0.2) is 24.4 Å². The lowest BCUT2D eigenvalue weighted by Crippen LogP contribution is -2.23. The van der Waals surface area contributed by atoms with Crippen LogP contribution in [0.3, 0.4) is 0 Å². The maximum Gasteiger partial charge on any atom is 0.271 e. The van der Waals surface area contributed by atoms with Gasteiger partial charge in [-0.05, 0) is 25.5 Å². The SMILES string of the molecule is CCCCn1c(O)c(/N=N/c2c(C#N)c(C(C)(C)C)nn2-c2ccccn2)c(C)c(C#N)c1=O. The smallest absolute Gasteiger partial charge is 0.271 e. The molecule has 0 saturated heterocycles. The Labute approximate surface area is 197 Å². The standard InChI is InChI=1S/C24H26N8O2/c1-6-7-12-31-22(33)16(13-25)15(2)19(23(31)34)28-29-21-17(14-26)20(24(3,4)5)30-32(21)18-10-8-9-11-27-18/h8-11,34H,6-7,12H2,1-5H3/b29-28+. The molecule has 3 heterocycles. The Morgan fingerprint density at radius 2 is 1.85 bits per heavy atom. The van der Waals surface area contributed by atoms with E-state index in [9.17, 15) is 20.4 Å². The minimum atomic E-state index is -0.573. The van der Waals surface area contributed by atoms with Gasteiger partial charge in [0, 0.05) is 23.7 Å². The number of rotatable bonds is 6. The van der Waals surface area contributed by atoms with Gasteiger partial charge in [-0.3, -0.25) is 9.36 Å². The molecule has 3 aromatic heterocycles. The third-order valence-electron chi connectivity index (χ3n) is 5.30. The van der Waals surface area contributed by atoms with Crippen molar-refractivity contribution in [3.05, 3.63) is 57.1 Å². The third-order valence-corrected chi connectivity index (χ3v) is 5.30. The van der Waals surface area contributed by atoms with E-state index in [0.29, 0.717) is 17.9 Å². The summed E-state index contributed by atoms with van der Waals surface area (Å²) in [5, 5.41) is 43.4. The molecule has 0 saturated carbocycles. The van der Waals surface area contributed by atoms with E-state index in [1.54, 1.807) is 24.4 Å². The molecule has 0 amide bonds. The summed E-state index contributed by atoms with van der Waals surface area (Å²) in [6.45, 7) is 9.51. The van der Waals surface area contributed by atoms with Crippen LogP contribution in [0.2, 0.25) is 0 Å². The van der Waals surface area contributed by atoms with Crippen molar-refractivity contribution in [1.29, 1.82) is 10.5 Å². The van der Waals surface area contributed by atoms with Gasteiger partial charge in [0.05, 0.1) is 5.69 Å². The molecule has 10 heteroatoms. The molecule has 0 aliphatic carbocycles. The van der Waals surface area contributed by atoms with E-state index in [2.05, 4.69) is 26.4 Å². The second-order valence-electron chi connectivity index (χ2n) is 8.80. The van der Waals surface area contributed by atoms with E-state index < -0.39 is 11.0 Å². The Hall–Kier alpha value is -4.31. The van der Waals surface area contributed by atoms with Gasteiger partial charge in [0.1, 0.15) is 23.3 Å². The zero-order valence-electron chi connectivity index (χ0n) is 19.9. The van der Waals surface area contributed by atoms with Crippen LogP contribution in [0, 0.1) is 29.6 Å². The van der Waals surface area contributed by atoms with Crippen molar-refractivity contribution < 1.29 is 5.11 Å². The van der Waals surface area contributed by atoms with Crippen LogP contribution in [0.25, 0.3) is 5.82 Å². The molecule has 0 aliphatic heterocycles. The van der Waals surface area contributed by atoms with Gasteiger partial charge >= 0.3 is 0 Å². The fourth-order valence-electron chi connectivity index (χ4n) is 3.45. The number of unbranched alkanes of at least 4 members (excludes halogenated alkanes) is 1. The molecular weight excluding hydrogens is 432 g/mol. The fourth-order valence-corrected chi connectivity index (χ4v) is 3.45. The maximum absolute atomic E-state index is 12.7. The van der Waals surface area contributed by atoms with E-state index in [1.165, 1.54) is 11.6 Å². The van der Waals surface area contributed by atoms with Crippen molar-refractivity contribution in [2.45, 2.75) is 59.4 Å². The van der Waals surface area contributed by atoms with Gasteiger partial charge in [-0.2, -0.15) is 20.3 Å². The summed E-state index contributed by atoms with van der Waals surface area (Å²) in [5.74, 6) is 0.196. The predicted octanol–water partition coefficient (Wildman–Crippen LogP) is 4.70. The van der Waals surface area contributed by atoms with Gasteiger partial charge < -0.3 is 5.11 Å². The molecule has 34 heavy (non-hydrogen) atoms. The molecule has 0 fully saturated rings. The highest BCUT2D eigenvalue weighted by atomic mass is 16.3. The maximum atomic E-state index is 12.7. The van der Waals surface area contributed by atoms with Crippen molar-refractivity contribution in [1.82, 2.24) is 19.3 Å². The molecule has 0 radical (unpaired) electrons. The summed E-state index contributed by atoms with van der Waals surface area (Å²) in [7, 11) is 0. The lowest BCUT2D eigenvalue weighted by Gasteiger charge is -2.14. The number of aromatic nitrogens is 4. The largest absolute Gasteiger partial charge is 0.493 e. The topological polar surface area (TPSA) is 145 Å². The molecule has 10 nitrogen and oxygen atoms in total. The zero-order valence-corrected chi connectivity index (χ0v) is 19.9. The monoisotopic (exact) mass is 458 g/mol. The van der Waals surface area contributed by atoms with Gasteiger partial charge in [0.2, 0.25) is 5.88 Å². The van der Waals surface area contributed by atoms with Gasteiger partial charge in [-0.25, -0.2) is 4.98 Å². The van der Waals surface area contributed by atoms with Crippen LogP contribution in [0.5, 0.6) is 5.88 Å². The normalized spacial score (nSPS) is 11.5. The molecule has 0 aliphatic rings. The first-order valence-electron chi connectivity index (χ1n) is 10.9. The van der Waals surface area contributed by atoms with Gasteiger partial charge in [0.25, 0.3) is 5.56 Å². The summed E-state index contributed by atoms with van der Waals surface area (Å²) in [5.41, 5.74) is -0.218.